The van der Waals surface area contributed by atoms with Crippen LogP contribution in [-0.2, 0) is 0 Å². The van der Waals surface area contributed by atoms with Crippen LogP contribution in [0.4, 0.5) is 4.39 Å². The summed E-state index contributed by atoms with van der Waals surface area (Å²) < 4.78 is 13.6. The molecular formula is C16H27FN2. The molecule has 1 N–H and O–H groups in total. The predicted molar refractivity (Wildman–Crippen MR) is 79.9 cm³/mol. The molecule has 0 aromatic heterocycles. The smallest absolute Gasteiger partial charge is 0.126 e. The third-order valence-corrected chi connectivity index (χ3v) is 3.33. The van der Waals surface area contributed by atoms with E-state index in [2.05, 4.69) is 45.1 Å². The average molecular weight is 266 g/mol. The maximum Gasteiger partial charge on any atom is 0.126 e. The van der Waals surface area contributed by atoms with E-state index in [1.54, 1.807) is 13.0 Å². The fraction of sp³-hybridized carbons (Fsp3) is 0.625. The van der Waals surface area contributed by atoms with E-state index in [9.17, 15) is 4.39 Å². The van der Waals surface area contributed by atoms with Crippen molar-refractivity contribution in [3.8, 4) is 0 Å². The number of benzene rings is 1. The minimum atomic E-state index is -0.126. The van der Waals surface area contributed by atoms with Crippen molar-refractivity contribution in [1.82, 2.24) is 10.2 Å². The van der Waals surface area contributed by atoms with E-state index in [0.717, 1.165) is 18.7 Å². The molecule has 1 rings (SSSR count). The highest BCUT2D eigenvalue weighted by atomic mass is 19.1. The lowest BCUT2D eigenvalue weighted by molar-refractivity contribution is 0.227. The molecule has 1 atom stereocenters. The van der Waals surface area contributed by atoms with Gasteiger partial charge in [0.05, 0.1) is 0 Å². The second-order valence-corrected chi connectivity index (χ2v) is 6.51. The molecule has 0 amide bonds. The zero-order valence-electron chi connectivity index (χ0n) is 13.0. The molecule has 3 heteroatoms. The van der Waals surface area contributed by atoms with Gasteiger partial charge in [0.1, 0.15) is 5.82 Å². The van der Waals surface area contributed by atoms with Crippen LogP contribution in [0.5, 0.6) is 0 Å². The molecule has 108 valence electrons. The summed E-state index contributed by atoms with van der Waals surface area (Å²) in [4.78, 5) is 2.19. The summed E-state index contributed by atoms with van der Waals surface area (Å²) in [5, 5.41) is 3.50. The summed E-state index contributed by atoms with van der Waals surface area (Å²) in [5.41, 5.74) is 1.90. The Bertz CT molecular complexity index is 413. The minimum absolute atomic E-state index is 0.126. The number of nitrogens with one attached hydrogen (secondary N) is 1. The quantitative estimate of drug-likeness (QED) is 0.849. The Hall–Kier alpha value is -0.930. The van der Waals surface area contributed by atoms with E-state index in [-0.39, 0.29) is 17.3 Å². The molecule has 0 saturated heterocycles. The summed E-state index contributed by atoms with van der Waals surface area (Å²) in [6.45, 7) is 10.3. The van der Waals surface area contributed by atoms with E-state index < -0.39 is 0 Å². The highest BCUT2D eigenvalue weighted by Gasteiger charge is 2.20. The Balaban J connectivity index is 2.59. The van der Waals surface area contributed by atoms with Gasteiger partial charge in [0.25, 0.3) is 0 Å². The first-order chi connectivity index (χ1) is 8.71. The van der Waals surface area contributed by atoms with Gasteiger partial charge in [-0.2, -0.15) is 0 Å². The van der Waals surface area contributed by atoms with E-state index in [1.807, 2.05) is 12.1 Å². The number of hydrogen-bond donors (Lipinski definition) is 1. The van der Waals surface area contributed by atoms with Gasteiger partial charge in [-0.25, -0.2) is 4.39 Å². The molecule has 2 nitrogen and oxygen atoms in total. The highest BCUT2D eigenvalue weighted by molar-refractivity contribution is 5.25. The standard InChI is InChI=1S/C16H27FN2/c1-12-7-8-14(9-15(12)17)13(2)18-10-16(3,4)11-19(5)6/h7-9,13,18H,10-11H2,1-6H3. The molecule has 1 aromatic rings. The monoisotopic (exact) mass is 266 g/mol. The zero-order chi connectivity index (χ0) is 14.6. The SMILES string of the molecule is Cc1ccc(C(C)NCC(C)(C)CN(C)C)cc1F. The largest absolute Gasteiger partial charge is 0.310 e. The normalized spacial score (nSPS) is 13.9. The Morgan fingerprint density at radius 2 is 1.95 bits per heavy atom. The first-order valence-electron chi connectivity index (χ1n) is 6.85. The molecule has 0 aliphatic rings. The number of nitrogens with zero attached hydrogens (tertiary/aromatic N) is 1. The second-order valence-electron chi connectivity index (χ2n) is 6.51. The van der Waals surface area contributed by atoms with Crippen molar-refractivity contribution in [2.24, 2.45) is 5.41 Å². The highest BCUT2D eigenvalue weighted by Crippen LogP contribution is 2.19. The summed E-state index contributed by atoms with van der Waals surface area (Å²) in [6.07, 6.45) is 0. The third-order valence-electron chi connectivity index (χ3n) is 3.33. The van der Waals surface area contributed by atoms with Crippen molar-refractivity contribution in [1.29, 1.82) is 0 Å². The summed E-state index contributed by atoms with van der Waals surface area (Å²) in [6, 6.07) is 5.63. The molecule has 1 aromatic carbocycles. The molecule has 0 spiro atoms. The van der Waals surface area contributed by atoms with Crippen LogP contribution in [0, 0.1) is 18.2 Å². The van der Waals surface area contributed by atoms with Crippen LogP contribution in [-0.4, -0.2) is 32.1 Å². The van der Waals surface area contributed by atoms with Gasteiger partial charge in [0.15, 0.2) is 0 Å². The topological polar surface area (TPSA) is 15.3 Å². The Morgan fingerprint density at radius 1 is 1.32 bits per heavy atom. The summed E-state index contributed by atoms with van der Waals surface area (Å²) in [7, 11) is 4.17. The van der Waals surface area contributed by atoms with Crippen molar-refractivity contribution in [3.63, 3.8) is 0 Å². The number of hydrogen-bond acceptors (Lipinski definition) is 2. The number of aryl methyl sites for hydroxylation is 1. The van der Waals surface area contributed by atoms with E-state index >= 15 is 0 Å². The number of rotatable bonds is 6. The molecule has 0 saturated carbocycles. The van der Waals surface area contributed by atoms with Crippen LogP contribution < -0.4 is 5.32 Å². The van der Waals surface area contributed by atoms with E-state index in [1.165, 1.54) is 0 Å². The first kappa shape index (κ1) is 16.1. The lowest BCUT2D eigenvalue weighted by Gasteiger charge is -2.30. The molecule has 0 aliphatic carbocycles. The van der Waals surface area contributed by atoms with E-state index in [0.29, 0.717) is 5.56 Å². The van der Waals surface area contributed by atoms with Crippen molar-refractivity contribution in [2.45, 2.75) is 33.7 Å². The molecule has 0 bridgehead atoms. The van der Waals surface area contributed by atoms with Gasteiger partial charge in [0, 0.05) is 19.1 Å². The van der Waals surface area contributed by atoms with Gasteiger partial charge >= 0.3 is 0 Å². The third kappa shape index (κ3) is 5.29. The molecule has 19 heavy (non-hydrogen) atoms. The Morgan fingerprint density at radius 3 is 2.47 bits per heavy atom. The lowest BCUT2D eigenvalue weighted by atomic mass is 9.92. The maximum atomic E-state index is 13.6. The van der Waals surface area contributed by atoms with Gasteiger partial charge < -0.3 is 10.2 Å². The van der Waals surface area contributed by atoms with Gasteiger partial charge in [-0.1, -0.05) is 26.0 Å². The molecular weight excluding hydrogens is 239 g/mol. The summed E-state index contributed by atoms with van der Waals surface area (Å²) in [5.74, 6) is -0.126. The van der Waals surface area contributed by atoms with Crippen molar-refractivity contribution >= 4 is 0 Å². The van der Waals surface area contributed by atoms with Crippen LogP contribution in [0.25, 0.3) is 0 Å². The van der Waals surface area contributed by atoms with Crippen molar-refractivity contribution in [2.75, 3.05) is 27.2 Å². The second kappa shape index (κ2) is 6.49. The number of halogens is 1. The predicted octanol–water partition coefficient (Wildman–Crippen LogP) is 3.37. The van der Waals surface area contributed by atoms with Gasteiger partial charge in [-0.15, -0.1) is 0 Å². The zero-order valence-corrected chi connectivity index (χ0v) is 13.0. The molecule has 1 unspecified atom stereocenters. The lowest BCUT2D eigenvalue weighted by Crippen LogP contribution is -2.38. The Kier molecular flexibility index (Phi) is 5.50. The molecule has 0 heterocycles. The van der Waals surface area contributed by atoms with Crippen LogP contribution in [0.1, 0.15) is 37.9 Å². The Labute approximate surface area is 117 Å². The van der Waals surface area contributed by atoms with Gasteiger partial charge in [-0.05, 0) is 50.6 Å². The van der Waals surface area contributed by atoms with Gasteiger partial charge in [0.2, 0.25) is 0 Å². The first-order valence-corrected chi connectivity index (χ1v) is 6.85. The summed E-state index contributed by atoms with van der Waals surface area (Å²) >= 11 is 0. The average Bonchev–Trinajstić information content (AvgIpc) is 2.28. The van der Waals surface area contributed by atoms with Crippen LogP contribution >= 0.6 is 0 Å². The van der Waals surface area contributed by atoms with Crippen molar-refractivity contribution in [3.05, 3.63) is 35.1 Å². The molecule has 0 radical (unpaired) electrons. The van der Waals surface area contributed by atoms with Crippen molar-refractivity contribution < 1.29 is 4.39 Å². The van der Waals surface area contributed by atoms with Crippen LogP contribution in [0.2, 0.25) is 0 Å². The van der Waals surface area contributed by atoms with E-state index in [4.69, 9.17) is 0 Å². The maximum absolute atomic E-state index is 13.6. The minimum Gasteiger partial charge on any atom is -0.310 e. The molecule has 0 fully saturated rings. The fourth-order valence-electron chi connectivity index (χ4n) is 2.34. The molecule has 0 aliphatic heterocycles. The van der Waals surface area contributed by atoms with Gasteiger partial charge in [-0.3, -0.25) is 0 Å². The van der Waals surface area contributed by atoms with Crippen LogP contribution in [0.3, 0.4) is 0 Å². The fourth-order valence-corrected chi connectivity index (χ4v) is 2.34. The van der Waals surface area contributed by atoms with Crippen LogP contribution in [0.15, 0.2) is 18.2 Å².